The quantitative estimate of drug-likeness (QED) is 0.791. The monoisotopic (exact) mass is 257 g/mol. The highest BCUT2D eigenvalue weighted by atomic mass is 32.2. The molecule has 1 fully saturated rings. The van der Waals surface area contributed by atoms with Gasteiger partial charge in [-0.3, -0.25) is 4.79 Å². The van der Waals surface area contributed by atoms with Crippen LogP contribution in [0.1, 0.15) is 18.7 Å². The minimum Gasteiger partial charge on any atom is -0.481 e. The van der Waals surface area contributed by atoms with Crippen molar-refractivity contribution in [2.45, 2.75) is 37.6 Å². The van der Waals surface area contributed by atoms with E-state index in [0.717, 1.165) is 25.3 Å². The second-order valence-electron chi connectivity index (χ2n) is 3.96. The fourth-order valence-corrected chi connectivity index (χ4v) is 2.51. The van der Waals surface area contributed by atoms with E-state index in [4.69, 9.17) is 9.84 Å². The number of carboxylic acid groups (broad SMARTS) is 1. The van der Waals surface area contributed by atoms with E-state index in [0.29, 0.717) is 11.7 Å². The molecule has 7 heteroatoms. The lowest BCUT2D eigenvalue weighted by Gasteiger charge is -2.12. The Hall–Kier alpha value is -1.08. The molecule has 1 unspecified atom stereocenters. The largest absolute Gasteiger partial charge is 0.481 e. The second-order valence-corrected chi connectivity index (χ2v) is 4.90. The van der Waals surface area contributed by atoms with Crippen LogP contribution in [0.2, 0.25) is 0 Å². The van der Waals surface area contributed by atoms with Gasteiger partial charge in [-0.15, -0.1) is 10.2 Å². The van der Waals surface area contributed by atoms with Gasteiger partial charge in [0, 0.05) is 6.61 Å². The fraction of sp³-hybridized carbons (Fsp3) is 0.700. The van der Waals surface area contributed by atoms with Gasteiger partial charge in [-0.05, 0) is 19.8 Å². The third-order valence-corrected chi connectivity index (χ3v) is 3.59. The first kappa shape index (κ1) is 12.4. The van der Waals surface area contributed by atoms with Crippen molar-refractivity contribution in [2.75, 3.05) is 12.4 Å². The molecule has 2 heterocycles. The first-order chi connectivity index (χ1) is 8.16. The van der Waals surface area contributed by atoms with E-state index in [1.54, 1.807) is 0 Å². The molecule has 1 saturated heterocycles. The summed E-state index contributed by atoms with van der Waals surface area (Å²) < 4.78 is 7.49. The number of aliphatic carboxylic acids is 1. The molecule has 0 spiro atoms. The molecule has 1 aromatic heterocycles. The fourth-order valence-electron chi connectivity index (χ4n) is 1.80. The van der Waals surface area contributed by atoms with Crippen molar-refractivity contribution in [2.24, 2.45) is 0 Å². The maximum atomic E-state index is 10.5. The van der Waals surface area contributed by atoms with Gasteiger partial charge in [0.1, 0.15) is 5.82 Å². The number of nitrogens with zero attached hydrogens (tertiary/aromatic N) is 3. The van der Waals surface area contributed by atoms with Crippen LogP contribution in [0.5, 0.6) is 0 Å². The summed E-state index contributed by atoms with van der Waals surface area (Å²) in [6.45, 7) is 3.39. The summed E-state index contributed by atoms with van der Waals surface area (Å²) >= 11 is 1.19. The minimum absolute atomic E-state index is 0.00363. The number of carbonyl (C=O) groups is 1. The third kappa shape index (κ3) is 3.19. The Morgan fingerprint density at radius 2 is 2.47 bits per heavy atom. The molecule has 0 saturated carbocycles. The molecule has 0 radical (unpaired) electrons. The Labute approximate surface area is 103 Å². The summed E-state index contributed by atoms with van der Waals surface area (Å²) in [6.07, 6.45) is 2.33. The Bertz CT molecular complexity index is 402. The number of ether oxygens (including phenoxy) is 1. The Morgan fingerprint density at radius 1 is 1.65 bits per heavy atom. The standard InChI is InChI=1S/C10H15N3O3S/c1-7-11-12-10(17-6-9(14)15)13(7)5-8-3-2-4-16-8/h8H,2-6H2,1H3,(H,14,15). The van der Waals surface area contributed by atoms with Crippen molar-refractivity contribution in [3.05, 3.63) is 5.82 Å². The molecule has 0 aromatic carbocycles. The number of rotatable bonds is 5. The number of hydrogen-bond acceptors (Lipinski definition) is 5. The molecule has 0 amide bonds. The highest BCUT2D eigenvalue weighted by Crippen LogP contribution is 2.20. The molecule has 1 aliphatic rings. The lowest BCUT2D eigenvalue weighted by molar-refractivity contribution is -0.133. The van der Waals surface area contributed by atoms with Crippen molar-refractivity contribution in [3.63, 3.8) is 0 Å². The van der Waals surface area contributed by atoms with Crippen LogP contribution in [0, 0.1) is 6.92 Å². The van der Waals surface area contributed by atoms with Crippen molar-refractivity contribution in [3.8, 4) is 0 Å². The van der Waals surface area contributed by atoms with E-state index in [2.05, 4.69) is 10.2 Å². The highest BCUT2D eigenvalue weighted by Gasteiger charge is 2.19. The molecule has 1 aromatic rings. The third-order valence-electron chi connectivity index (χ3n) is 2.64. The first-order valence-electron chi connectivity index (χ1n) is 5.53. The SMILES string of the molecule is Cc1nnc(SCC(=O)O)n1CC1CCCO1. The van der Waals surface area contributed by atoms with Crippen LogP contribution in [-0.4, -0.2) is 44.3 Å². The summed E-state index contributed by atoms with van der Waals surface area (Å²) in [4.78, 5) is 10.5. The van der Waals surface area contributed by atoms with Crippen LogP contribution in [-0.2, 0) is 16.1 Å². The van der Waals surface area contributed by atoms with E-state index in [1.165, 1.54) is 11.8 Å². The average Bonchev–Trinajstić information content (AvgIpc) is 2.89. The van der Waals surface area contributed by atoms with Crippen LogP contribution in [0.25, 0.3) is 0 Å². The van der Waals surface area contributed by atoms with Gasteiger partial charge < -0.3 is 14.4 Å². The topological polar surface area (TPSA) is 77.2 Å². The van der Waals surface area contributed by atoms with Gasteiger partial charge in [0.25, 0.3) is 0 Å². The van der Waals surface area contributed by atoms with Gasteiger partial charge in [0.15, 0.2) is 5.16 Å². The van der Waals surface area contributed by atoms with Crippen LogP contribution >= 0.6 is 11.8 Å². The van der Waals surface area contributed by atoms with Gasteiger partial charge in [-0.1, -0.05) is 11.8 Å². The first-order valence-corrected chi connectivity index (χ1v) is 6.51. The molecular weight excluding hydrogens is 242 g/mol. The summed E-state index contributed by atoms with van der Waals surface area (Å²) in [5.41, 5.74) is 0. The summed E-state index contributed by atoms with van der Waals surface area (Å²) in [7, 11) is 0. The van der Waals surface area contributed by atoms with Crippen LogP contribution in [0.3, 0.4) is 0 Å². The molecule has 1 aliphatic heterocycles. The van der Waals surface area contributed by atoms with E-state index >= 15 is 0 Å². The Kier molecular flexibility index (Phi) is 4.01. The lowest BCUT2D eigenvalue weighted by atomic mass is 10.2. The smallest absolute Gasteiger partial charge is 0.313 e. The van der Waals surface area contributed by atoms with E-state index in [9.17, 15) is 4.79 Å². The molecule has 6 nitrogen and oxygen atoms in total. The van der Waals surface area contributed by atoms with Gasteiger partial charge >= 0.3 is 5.97 Å². The Morgan fingerprint density at radius 3 is 3.12 bits per heavy atom. The second kappa shape index (κ2) is 5.50. The number of thioether (sulfide) groups is 1. The summed E-state index contributed by atoms with van der Waals surface area (Å²) in [5, 5.41) is 17.3. The molecule has 1 atom stereocenters. The molecule has 17 heavy (non-hydrogen) atoms. The average molecular weight is 257 g/mol. The molecule has 0 aliphatic carbocycles. The van der Waals surface area contributed by atoms with Gasteiger partial charge in [0.05, 0.1) is 18.4 Å². The predicted molar refractivity (Wildman–Crippen MR) is 62.1 cm³/mol. The van der Waals surface area contributed by atoms with Gasteiger partial charge in [-0.25, -0.2) is 0 Å². The van der Waals surface area contributed by atoms with Crippen molar-refractivity contribution in [1.29, 1.82) is 0 Å². The molecule has 1 N–H and O–H groups in total. The van der Waals surface area contributed by atoms with E-state index in [1.807, 2.05) is 11.5 Å². The zero-order chi connectivity index (χ0) is 12.3. The summed E-state index contributed by atoms with van der Waals surface area (Å²) in [6, 6.07) is 0. The van der Waals surface area contributed by atoms with Crippen LogP contribution < -0.4 is 0 Å². The van der Waals surface area contributed by atoms with Crippen molar-refractivity contribution in [1.82, 2.24) is 14.8 Å². The van der Waals surface area contributed by atoms with Crippen LogP contribution in [0.15, 0.2) is 5.16 Å². The zero-order valence-electron chi connectivity index (χ0n) is 9.63. The zero-order valence-corrected chi connectivity index (χ0v) is 10.4. The normalized spacial score (nSPS) is 19.7. The van der Waals surface area contributed by atoms with Crippen LogP contribution in [0.4, 0.5) is 0 Å². The number of aryl methyl sites for hydroxylation is 1. The summed E-state index contributed by atoms with van der Waals surface area (Å²) in [5.74, 6) is -0.0448. The molecule has 94 valence electrons. The predicted octanol–water partition coefficient (Wildman–Crippen LogP) is 0.942. The van der Waals surface area contributed by atoms with Crippen molar-refractivity contribution < 1.29 is 14.6 Å². The molecule has 0 bridgehead atoms. The number of aromatic nitrogens is 3. The lowest BCUT2D eigenvalue weighted by Crippen LogP contribution is -2.17. The maximum absolute atomic E-state index is 10.5. The molecule has 2 rings (SSSR count). The number of hydrogen-bond donors (Lipinski definition) is 1. The maximum Gasteiger partial charge on any atom is 0.313 e. The highest BCUT2D eigenvalue weighted by molar-refractivity contribution is 7.99. The van der Waals surface area contributed by atoms with E-state index < -0.39 is 5.97 Å². The van der Waals surface area contributed by atoms with Gasteiger partial charge in [0.2, 0.25) is 0 Å². The van der Waals surface area contributed by atoms with Gasteiger partial charge in [-0.2, -0.15) is 0 Å². The Balaban J connectivity index is 2.03. The number of carboxylic acids is 1. The van der Waals surface area contributed by atoms with E-state index in [-0.39, 0.29) is 11.9 Å². The minimum atomic E-state index is -0.848. The molecular formula is C10H15N3O3S. The van der Waals surface area contributed by atoms with Crippen molar-refractivity contribution >= 4 is 17.7 Å².